The second kappa shape index (κ2) is 5.91. The Balaban J connectivity index is 1.38. The van der Waals surface area contributed by atoms with Crippen molar-refractivity contribution in [1.29, 1.82) is 0 Å². The zero-order valence-electron chi connectivity index (χ0n) is 14.3. The van der Waals surface area contributed by atoms with Crippen molar-refractivity contribution in [2.75, 3.05) is 6.61 Å². The molecular formula is C18H19N3O5. The van der Waals surface area contributed by atoms with E-state index >= 15 is 0 Å². The molecule has 136 valence electrons. The van der Waals surface area contributed by atoms with Crippen LogP contribution in [0.25, 0.3) is 0 Å². The van der Waals surface area contributed by atoms with Crippen LogP contribution in [0.3, 0.4) is 0 Å². The first-order valence-corrected chi connectivity index (χ1v) is 8.47. The molecule has 1 saturated carbocycles. The second-order valence-corrected chi connectivity index (χ2v) is 7.13. The van der Waals surface area contributed by atoms with Crippen LogP contribution >= 0.6 is 0 Å². The molecule has 3 fully saturated rings. The van der Waals surface area contributed by atoms with Crippen LogP contribution in [0.4, 0.5) is 0 Å². The first-order chi connectivity index (χ1) is 12.4. The van der Waals surface area contributed by atoms with E-state index < -0.39 is 23.0 Å². The summed E-state index contributed by atoms with van der Waals surface area (Å²) < 4.78 is 10.8. The number of aromatic nitrogens is 2. The lowest BCUT2D eigenvalue weighted by molar-refractivity contribution is -0.158. The molecule has 1 atom stereocenters. The lowest BCUT2D eigenvalue weighted by Gasteiger charge is -2.40. The highest BCUT2D eigenvalue weighted by molar-refractivity contribution is 5.92. The van der Waals surface area contributed by atoms with Crippen molar-refractivity contribution < 1.29 is 24.0 Å². The third kappa shape index (κ3) is 2.66. The van der Waals surface area contributed by atoms with Crippen LogP contribution < -0.4 is 5.32 Å². The summed E-state index contributed by atoms with van der Waals surface area (Å²) in [5.41, 5.74) is -0.893. The van der Waals surface area contributed by atoms with Gasteiger partial charge in [-0.05, 0) is 12.5 Å². The summed E-state index contributed by atoms with van der Waals surface area (Å²) in [7, 11) is 0. The van der Waals surface area contributed by atoms with Gasteiger partial charge in [0.05, 0.1) is 24.5 Å². The maximum Gasteiger partial charge on any atom is 0.312 e. The zero-order valence-corrected chi connectivity index (χ0v) is 14.3. The van der Waals surface area contributed by atoms with Crippen molar-refractivity contribution in [3.05, 3.63) is 47.6 Å². The number of hydrogen-bond donors (Lipinski definition) is 2. The van der Waals surface area contributed by atoms with E-state index in [4.69, 9.17) is 9.26 Å². The molecule has 0 radical (unpaired) electrons. The van der Waals surface area contributed by atoms with Gasteiger partial charge < -0.3 is 19.7 Å². The Kier molecular flexibility index (Phi) is 3.80. The van der Waals surface area contributed by atoms with Gasteiger partial charge in [-0.2, -0.15) is 4.98 Å². The summed E-state index contributed by atoms with van der Waals surface area (Å²) >= 11 is 0. The Labute approximate surface area is 149 Å². The van der Waals surface area contributed by atoms with Crippen LogP contribution in [0.5, 0.6) is 0 Å². The van der Waals surface area contributed by atoms with Gasteiger partial charge in [0.15, 0.2) is 5.82 Å². The molecule has 3 aliphatic rings. The molecule has 1 aromatic carbocycles. The van der Waals surface area contributed by atoms with E-state index in [2.05, 4.69) is 15.5 Å². The maximum atomic E-state index is 12.5. The quantitative estimate of drug-likeness (QED) is 0.804. The number of carboxylic acids is 1. The lowest BCUT2D eigenvalue weighted by atomic mass is 9.62. The number of fused-ring (bicyclic) bond motifs is 1. The van der Waals surface area contributed by atoms with Gasteiger partial charge in [0.1, 0.15) is 5.60 Å². The number of nitrogens with one attached hydrogen (secondary N) is 1. The molecule has 1 unspecified atom stereocenters. The van der Waals surface area contributed by atoms with E-state index in [1.54, 1.807) is 6.92 Å². The van der Waals surface area contributed by atoms with Crippen molar-refractivity contribution >= 4 is 11.9 Å². The number of carbonyl (C=O) groups is 2. The maximum absolute atomic E-state index is 12.5. The number of hydrogen-bond acceptors (Lipinski definition) is 6. The number of nitrogens with zero attached hydrogens (tertiary/aromatic N) is 2. The highest BCUT2D eigenvalue weighted by atomic mass is 16.5. The molecule has 1 aromatic heterocycles. The zero-order chi connectivity index (χ0) is 18.4. The molecule has 2 saturated heterocycles. The molecule has 0 spiro atoms. The summed E-state index contributed by atoms with van der Waals surface area (Å²) in [5, 5.41) is 16.0. The smallest absolute Gasteiger partial charge is 0.312 e. The van der Waals surface area contributed by atoms with Gasteiger partial charge in [0, 0.05) is 12.8 Å². The van der Waals surface area contributed by atoms with Crippen LogP contribution in [-0.4, -0.2) is 39.3 Å². The van der Waals surface area contributed by atoms with Crippen molar-refractivity contribution in [2.24, 2.45) is 5.41 Å². The largest absolute Gasteiger partial charge is 0.481 e. The molecule has 2 N–H and O–H groups in total. The van der Waals surface area contributed by atoms with Crippen LogP contribution in [0.1, 0.15) is 43.1 Å². The second-order valence-electron chi connectivity index (χ2n) is 7.13. The molecule has 2 aliphatic heterocycles. The van der Waals surface area contributed by atoms with Crippen LogP contribution in [-0.2, 0) is 20.7 Å². The number of carbonyl (C=O) groups excluding carboxylic acids is 1. The molecule has 8 heteroatoms. The van der Waals surface area contributed by atoms with Gasteiger partial charge in [0.2, 0.25) is 5.89 Å². The van der Waals surface area contributed by atoms with Crippen molar-refractivity contribution in [2.45, 2.75) is 37.8 Å². The molecule has 2 bridgehead atoms. The fourth-order valence-electron chi connectivity index (χ4n) is 3.64. The summed E-state index contributed by atoms with van der Waals surface area (Å²) in [5.74, 6) is -0.386. The molecule has 26 heavy (non-hydrogen) atoms. The van der Waals surface area contributed by atoms with Gasteiger partial charge in [-0.15, -0.1) is 0 Å². The minimum Gasteiger partial charge on any atom is -0.481 e. The summed E-state index contributed by atoms with van der Waals surface area (Å²) in [6.07, 6.45) is 0.932. The van der Waals surface area contributed by atoms with Gasteiger partial charge >= 0.3 is 5.97 Å². The fourth-order valence-corrected chi connectivity index (χ4v) is 3.64. The Hall–Kier alpha value is -2.74. The predicted octanol–water partition coefficient (Wildman–Crippen LogP) is 1.47. The standard InChI is InChI=1S/C18H19N3O5/c1-11(14-20-13(26-21-14)7-12-5-3-2-4-6-12)19-15(22)18-8-17(9-18,10-25-18)16(23)24/h2-6,11H,7-10H2,1H3,(H,19,22)(H,23,24). The average Bonchev–Trinajstić information content (AvgIpc) is 3.29. The normalized spacial score (nSPS) is 27.6. The van der Waals surface area contributed by atoms with E-state index in [9.17, 15) is 14.7 Å². The van der Waals surface area contributed by atoms with E-state index in [1.165, 1.54) is 0 Å². The number of amides is 1. The lowest BCUT2D eigenvalue weighted by Crippen LogP contribution is -2.57. The Bertz CT molecular complexity index is 842. The predicted molar refractivity (Wildman–Crippen MR) is 88.1 cm³/mol. The molecular weight excluding hydrogens is 338 g/mol. The van der Waals surface area contributed by atoms with E-state index in [1.807, 2.05) is 30.3 Å². The first-order valence-electron chi connectivity index (χ1n) is 8.47. The number of aliphatic carboxylic acids is 1. The Morgan fingerprint density at radius 1 is 1.31 bits per heavy atom. The van der Waals surface area contributed by atoms with E-state index in [-0.39, 0.29) is 25.4 Å². The topological polar surface area (TPSA) is 115 Å². The number of carboxylic acid groups (broad SMARTS) is 1. The molecule has 2 aromatic rings. The average molecular weight is 357 g/mol. The summed E-state index contributed by atoms with van der Waals surface area (Å²) in [4.78, 5) is 28.1. The van der Waals surface area contributed by atoms with E-state index in [0.29, 0.717) is 18.1 Å². The van der Waals surface area contributed by atoms with Gasteiger partial charge in [-0.25, -0.2) is 0 Å². The van der Waals surface area contributed by atoms with Crippen LogP contribution in [0, 0.1) is 5.41 Å². The number of rotatable bonds is 6. The summed E-state index contributed by atoms with van der Waals surface area (Å²) in [6.45, 7) is 1.83. The fraction of sp³-hybridized carbons (Fsp3) is 0.444. The Morgan fingerprint density at radius 2 is 2.04 bits per heavy atom. The van der Waals surface area contributed by atoms with Crippen molar-refractivity contribution in [3.63, 3.8) is 0 Å². The monoisotopic (exact) mass is 357 g/mol. The molecule has 5 rings (SSSR count). The number of ether oxygens (including phenoxy) is 1. The highest BCUT2D eigenvalue weighted by Gasteiger charge is 2.70. The van der Waals surface area contributed by atoms with Crippen molar-refractivity contribution in [3.8, 4) is 0 Å². The van der Waals surface area contributed by atoms with Crippen LogP contribution in [0.15, 0.2) is 34.9 Å². The van der Waals surface area contributed by atoms with E-state index in [0.717, 1.165) is 5.56 Å². The third-order valence-electron chi connectivity index (χ3n) is 5.16. The van der Waals surface area contributed by atoms with Gasteiger partial charge in [-0.1, -0.05) is 35.5 Å². The third-order valence-corrected chi connectivity index (χ3v) is 5.16. The van der Waals surface area contributed by atoms with Gasteiger partial charge in [-0.3, -0.25) is 9.59 Å². The summed E-state index contributed by atoms with van der Waals surface area (Å²) in [6, 6.07) is 9.28. The number of benzene rings is 1. The molecule has 8 nitrogen and oxygen atoms in total. The highest BCUT2D eigenvalue weighted by Crippen LogP contribution is 2.58. The minimum absolute atomic E-state index is 0.0770. The van der Waals surface area contributed by atoms with Crippen molar-refractivity contribution in [1.82, 2.24) is 15.5 Å². The van der Waals surface area contributed by atoms with Gasteiger partial charge in [0.25, 0.3) is 5.91 Å². The van der Waals surface area contributed by atoms with Crippen LogP contribution in [0.2, 0.25) is 0 Å². The SMILES string of the molecule is CC(NC(=O)C12CC(C(=O)O)(CO1)C2)c1noc(Cc2ccccc2)n1. The molecule has 1 aliphatic carbocycles. The molecule has 1 amide bonds. The minimum atomic E-state index is -1.04. The Morgan fingerprint density at radius 3 is 2.69 bits per heavy atom. The molecule has 3 heterocycles. The first kappa shape index (κ1) is 16.7.